The zero-order valence-corrected chi connectivity index (χ0v) is 11.0. The second-order valence-corrected chi connectivity index (χ2v) is 4.70. The van der Waals surface area contributed by atoms with E-state index in [0.29, 0.717) is 0 Å². The molecule has 0 N–H and O–H groups in total. The van der Waals surface area contributed by atoms with Crippen molar-refractivity contribution in [3.63, 3.8) is 0 Å². The highest BCUT2D eigenvalue weighted by Gasteiger charge is 2.10. The molecule has 0 saturated carbocycles. The maximum atomic E-state index is 4.69. The van der Waals surface area contributed by atoms with Gasteiger partial charge in [-0.25, -0.2) is 9.97 Å². The fourth-order valence-electron chi connectivity index (χ4n) is 2.49. The lowest BCUT2D eigenvalue weighted by atomic mass is 10.3. The molecule has 0 aliphatic rings. The zero-order chi connectivity index (χ0) is 13.5. The number of hydrogen-bond donors (Lipinski definition) is 0. The minimum atomic E-state index is 0.801. The largest absolute Gasteiger partial charge is 0.279 e. The number of rotatable bonds is 1. The summed E-state index contributed by atoms with van der Waals surface area (Å²) < 4.78 is 2.04. The smallest absolute Gasteiger partial charge is 0.157 e. The number of aromatic nitrogens is 4. The molecule has 96 valence electrons. The molecule has 4 rings (SSSR count). The highest BCUT2D eigenvalue weighted by atomic mass is 15.1. The molecule has 4 heteroatoms. The summed E-state index contributed by atoms with van der Waals surface area (Å²) in [6.07, 6.45) is 1.80. The van der Waals surface area contributed by atoms with Crippen LogP contribution in [0.5, 0.6) is 0 Å². The third-order valence-corrected chi connectivity index (χ3v) is 3.39. The molecular formula is C16H12N4. The van der Waals surface area contributed by atoms with Crippen LogP contribution >= 0.6 is 0 Å². The van der Waals surface area contributed by atoms with Crippen LogP contribution in [0, 0.1) is 6.92 Å². The first-order valence-electron chi connectivity index (χ1n) is 6.49. The Labute approximate surface area is 115 Å². The second-order valence-electron chi connectivity index (χ2n) is 4.70. The van der Waals surface area contributed by atoms with Crippen LogP contribution in [-0.2, 0) is 0 Å². The molecule has 2 aromatic heterocycles. The first-order chi connectivity index (χ1) is 9.83. The van der Waals surface area contributed by atoms with Gasteiger partial charge in [-0.3, -0.25) is 9.55 Å². The number of hydrogen-bond acceptors (Lipinski definition) is 3. The molecule has 0 bridgehead atoms. The lowest BCUT2D eigenvalue weighted by Crippen LogP contribution is -2.01. The fraction of sp³-hybridized carbons (Fsp3) is 0.0625. The lowest BCUT2D eigenvalue weighted by Gasteiger charge is -2.06. The predicted octanol–water partition coefficient (Wildman–Crippen LogP) is 3.28. The van der Waals surface area contributed by atoms with Crippen LogP contribution < -0.4 is 0 Å². The molecule has 20 heavy (non-hydrogen) atoms. The molecule has 0 aliphatic carbocycles. The minimum absolute atomic E-state index is 0.801. The summed E-state index contributed by atoms with van der Waals surface area (Å²) in [4.78, 5) is 13.7. The molecule has 0 saturated heterocycles. The van der Waals surface area contributed by atoms with Gasteiger partial charge in [0, 0.05) is 0 Å². The van der Waals surface area contributed by atoms with Gasteiger partial charge in [0.25, 0.3) is 0 Å². The number of para-hydroxylation sites is 4. The number of imidazole rings is 1. The van der Waals surface area contributed by atoms with Crippen molar-refractivity contribution in [3.05, 3.63) is 60.6 Å². The van der Waals surface area contributed by atoms with Crippen molar-refractivity contribution >= 4 is 22.1 Å². The summed E-state index contributed by atoms with van der Waals surface area (Å²) in [6, 6.07) is 15.9. The third kappa shape index (κ3) is 1.58. The molecule has 0 unspecified atom stereocenters. The SMILES string of the molecule is Cc1nc2ccccc2n1-c1cnc2ccccc2n1. The van der Waals surface area contributed by atoms with E-state index in [2.05, 4.69) is 15.0 Å². The summed E-state index contributed by atoms with van der Waals surface area (Å²) in [5.74, 6) is 1.71. The first kappa shape index (κ1) is 11.1. The van der Waals surface area contributed by atoms with Crippen LogP contribution in [0.15, 0.2) is 54.7 Å². The Kier molecular flexibility index (Phi) is 2.29. The van der Waals surface area contributed by atoms with Gasteiger partial charge in [0.05, 0.1) is 28.3 Å². The normalized spacial score (nSPS) is 11.2. The summed E-state index contributed by atoms with van der Waals surface area (Å²) in [7, 11) is 0. The quantitative estimate of drug-likeness (QED) is 0.527. The Bertz CT molecular complexity index is 924. The Hall–Kier alpha value is -2.75. The monoisotopic (exact) mass is 260 g/mol. The van der Waals surface area contributed by atoms with Gasteiger partial charge in [-0.2, -0.15) is 0 Å². The number of nitrogens with zero attached hydrogens (tertiary/aromatic N) is 4. The van der Waals surface area contributed by atoms with Gasteiger partial charge in [-0.1, -0.05) is 24.3 Å². The third-order valence-electron chi connectivity index (χ3n) is 3.39. The molecule has 4 aromatic rings. The zero-order valence-electron chi connectivity index (χ0n) is 11.0. The predicted molar refractivity (Wildman–Crippen MR) is 78.9 cm³/mol. The van der Waals surface area contributed by atoms with Gasteiger partial charge < -0.3 is 0 Å². The molecule has 4 nitrogen and oxygen atoms in total. The van der Waals surface area contributed by atoms with Crippen LogP contribution in [0.25, 0.3) is 27.9 Å². The van der Waals surface area contributed by atoms with Crippen molar-refractivity contribution in [2.24, 2.45) is 0 Å². The van der Waals surface area contributed by atoms with Crippen LogP contribution in [0.1, 0.15) is 5.82 Å². The average molecular weight is 260 g/mol. The first-order valence-corrected chi connectivity index (χ1v) is 6.49. The van der Waals surface area contributed by atoms with Gasteiger partial charge in [-0.15, -0.1) is 0 Å². The van der Waals surface area contributed by atoms with Gasteiger partial charge in [0.15, 0.2) is 5.82 Å². The maximum Gasteiger partial charge on any atom is 0.157 e. The average Bonchev–Trinajstić information content (AvgIpc) is 2.82. The molecule has 0 atom stereocenters. The minimum Gasteiger partial charge on any atom is -0.279 e. The molecule has 0 radical (unpaired) electrons. The molecule has 0 fully saturated rings. The van der Waals surface area contributed by atoms with Crippen LogP contribution in [0.3, 0.4) is 0 Å². The van der Waals surface area contributed by atoms with Crippen molar-refractivity contribution in [1.29, 1.82) is 0 Å². The van der Waals surface area contributed by atoms with Gasteiger partial charge >= 0.3 is 0 Å². The van der Waals surface area contributed by atoms with Crippen molar-refractivity contribution in [2.75, 3.05) is 0 Å². The van der Waals surface area contributed by atoms with Crippen molar-refractivity contribution in [3.8, 4) is 5.82 Å². The Balaban J connectivity index is 2.03. The van der Waals surface area contributed by atoms with E-state index < -0.39 is 0 Å². The van der Waals surface area contributed by atoms with E-state index in [1.54, 1.807) is 6.20 Å². The highest BCUT2D eigenvalue weighted by molar-refractivity contribution is 5.79. The number of benzene rings is 2. The Morgan fingerprint density at radius 2 is 1.50 bits per heavy atom. The van der Waals surface area contributed by atoms with E-state index in [4.69, 9.17) is 0 Å². The number of fused-ring (bicyclic) bond motifs is 2. The molecule has 2 heterocycles. The summed E-state index contributed by atoms with van der Waals surface area (Å²) >= 11 is 0. The summed E-state index contributed by atoms with van der Waals surface area (Å²) in [5, 5.41) is 0. The van der Waals surface area contributed by atoms with E-state index >= 15 is 0 Å². The Morgan fingerprint density at radius 1 is 0.800 bits per heavy atom. The Morgan fingerprint density at radius 3 is 2.35 bits per heavy atom. The van der Waals surface area contributed by atoms with Crippen molar-refractivity contribution in [2.45, 2.75) is 6.92 Å². The van der Waals surface area contributed by atoms with Gasteiger partial charge in [-0.05, 0) is 31.2 Å². The maximum absolute atomic E-state index is 4.69. The van der Waals surface area contributed by atoms with E-state index in [0.717, 1.165) is 33.7 Å². The summed E-state index contributed by atoms with van der Waals surface area (Å²) in [5.41, 5.74) is 3.81. The molecule has 0 spiro atoms. The van der Waals surface area contributed by atoms with Crippen LogP contribution in [0.4, 0.5) is 0 Å². The van der Waals surface area contributed by atoms with E-state index in [9.17, 15) is 0 Å². The molecule has 0 aliphatic heterocycles. The standard InChI is InChI=1S/C16H12N4/c1-11-18-14-8-4-5-9-15(14)20(11)16-10-17-12-6-2-3-7-13(12)19-16/h2-10H,1H3. The van der Waals surface area contributed by atoms with Crippen LogP contribution in [-0.4, -0.2) is 19.5 Å². The molecule has 0 amide bonds. The fourth-order valence-corrected chi connectivity index (χ4v) is 2.49. The van der Waals surface area contributed by atoms with Crippen molar-refractivity contribution in [1.82, 2.24) is 19.5 Å². The lowest BCUT2D eigenvalue weighted by molar-refractivity contribution is 0.955. The van der Waals surface area contributed by atoms with Crippen LogP contribution in [0.2, 0.25) is 0 Å². The van der Waals surface area contributed by atoms with E-state index in [1.807, 2.05) is 60.0 Å². The molecular weight excluding hydrogens is 248 g/mol. The van der Waals surface area contributed by atoms with Gasteiger partial charge in [0.1, 0.15) is 5.82 Å². The highest BCUT2D eigenvalue weighted by Crippen LogP contribution is 2.20. The van der Waals surface area contributed by atoms with E-state index in [1.165, 1.54) is 0 Å². The van der Waals surface area contributed by atoms with E-state index in [-0.39, 0.29) is 0 Å². The van der Waals surface area contributed by atoms with Gasteiger partial charge in [0.2, 0.25) is 0 Å². The van der Waals surface area contributed by atoms with Crippen molar-refractivity contribution < 1.29 is 0 Å². The topological polar surface area (TPSA) is 43.6 Å². The molecule has 2 aromatic carbocycles. The number of aryl methyl sites for hydroxylation is 1. The summed E-state index contributed by atoms with van der Waals surface area (Å²) in [6.45, 7) is 1.98. The second kappa shape index (κ2) is 4.13.